The van der Waals surface area contributed by atoms with Crippen LogP contribution in [0.1, 0.15) is 11.1 Å². The average Bonchev–Trinajstić information content (AvgIpc) is 2.48. The first kappa shape index (κ1) is 14.7. The van der Waals surface area contributed by atoms with Gasteiger partial charge in [-0.05, 0) is 30.0 Å². The maximum absolute atomic E-state index is 12.2. The van der Waals surface area contributed by atoms with Gasteiger partial charge in [-0.3, -0.25) is 14.5 Å². The van der Waals surface area contributed by atoms with Crippen molar-refractivity contribution in [1.82, 2.24) is 9.88 Å². The van der Waals surface area contributed by atoms with Crippen LogP contribution in [0.15, 0.2) is 29.1 Å². The number of aromatic amines is 1. The molecule has 1 saturated heterocycles. The van der Waals surface area contributed by atoms with E-state index in [0.29, 0.717) is 31.8 Å². The number of nitrogens with two attached hydrogens (primary N) is 1. The molecule has 1 amide bonds. The molecule has 3 N–H and O–H groups in total. The van der Waals surface area contributed by atoms with E-state index in [-0.39, 0.29) is 5.56 Å². The van der Waals surface area contributed by atoms with Gasteiger partial charge in [0.2, 0.25) is 5.91 Å². The first-order chi connectivity index (χ1) is 10.5. The Bertz CT molecular complexity index is 769. The molecule has 0 bridgehead atoms. The van der Waals surface area contributed by atoms with Crippen molar-refractivity contribution in [2.24, 2.45) is 5.73 Å². The molecule has 22 heavy (non-hydrogen) atoms. The molecule has 1 atom stereocenters. The van der Waals surface area contributed by atoms with E-state index in [1.54, 1.807) is 0 Å². The van der Waals surface area contributed by atoms with Crippen LogP contribution in [0.3, 0.4) is 0 Å². The Morgan fingerprint density at radius 1 is 1.45 bits per heavy atom. The summed E-state index contributed by atoms with van der Waals surface area (Å²) in [4.78, 5) is 28.4. The fourth-order valence-electron chi connectivity index (χ4n) is 2.74. The fourth-order valence-corrected chi connectivity index (χ4v) is 2.74. The average molecular weight is 301 g/mol. The number of hydrogen-bond acceptors (Lipinski definition) is 4. The topological polar surface area (TPSA) is 88.4 Å². The Labute approximate surface area is 127 Å². The highest BCUT2D eigenvalue weighted by molar-refractivity contribution is 5.80. The molecule has 6 nitrogen and oxygen atoms in total. The molecule has 2 heterocycles. The van der Waals surface area contributed by atoms with Crippen LogP contribution in [0.25, 0.3) is 10.9 Å². The number of nitrogens with one attached hydrogen (secondary N) is 1. The van der Waals surface area contributed by atoms with Gasteiger partial charge in [0.15, 0.2) is 0 Å². The number of nitrogens with zero attached hydrogens (tertiary/aromatic N) is 1. The Kier molecular flexibility index (Phi) is 3.96. The molecule has 1 aliphatic rings. The zero-order valence-corrected chi connectivity index (χ0v) is 12.5. The van der Waals surface area contributed by atoms with Crippen molar-refractivity contribution in [3.05, 3.63) is 45.7 Å². The zero-order valence-electron chi connectivity index (χ0n) is 12.5. The number of aromatic nitrogens is 1. The number of pyridine rings is 1. The lowest BCUT2D eigenvalue weighted by Crippen LogP contribution is -2.48. The van der Waals surface area contributed by atoms with E-state index >= 15 is 0 Å². The number of amides is 1. The van der Waals surface area contributed by atoms with Crippen molar-refractivity contribution < 1.29 is 9.53 Å². The highest BCUT2D eigenvalue weighted by Gasteiger charge is 2.25. The van der Waals surface area contributed by atoms with Crippen LogP contribution in [0.4, 0.5) is 0 Å². The van der Waals surface area contributed by atoms with Crippen molar-refractivity contribution in [2.45, 2.75) is 19.6 Å². The minimum atomic E-state index is -0.601. The minimum absolute atomic E-state index is 0.0970. The number of aryl methyl sites for hydroxylation is 1. The fraction of sp³-hybridized carbons (Fsp3) is 0.375. The van der Waals surface area contributed by atoms with Gasteiger partial charge in [0, 0.05) is 30.7 Å². The maximum atomic E-state index is 12.2. The monoisotopic (exact) mass is 301 g/mol. The molecule has 0 saturated carbocycles. The predicted molar refractivity (Wildman–Crippen MR) is 83.5 cm³/mol. The van der Waals surface area contributed by atoms with Crippen LogP contribution in [-0.4, -0.2) is 41.6 Å². The van der Waals surface area contributed by atoms with Crippen LogP contribution in [-0.2, 0) is 16.1 Å². The van der Waals surface area contributed by atoms with Crippen LogP contribution < -0.4 is 11.3 Å². The molecule has 0 radical (unpaired) electrons. The van der Waals surface area contributed by atoms with Crippen LogP contribution in [0.2, 0.25) is 0 Å². The summed E-state index contributed by atoms with van der Waals surface area (Å²) >= 11 is 0. The molecule has 1 fully saturated rings. The van der Waals surface area contributed by atoms with E-state index in [1.165, 1.54) is 0 Å². The third-order valence-electron chi connectivity index (χ3n) is 3.94. The second kappa shape index (κ2) is 5.90. The second-order valence-electron chi connectivity index (χ2n) is 5.71. The lowest BCUT2D eigenvalue weighted by molar-refractivity contribution is -0.135. The molecular weight excluding hydrogens is 282 g/mol. The Morgan fingerprint density at radius 3 is 3.05 bits per heavy atom. The van der Waals surface area contributed by atoms with Crippen molar-refractivity contribution in [3.63, 3.8) is 0 Å². The third-order valence-corrected chi connectivity index (χ3v) is 3.94. The molecule has 3 rings (SSSR count). The molecule has 1 unspecified atom stereocenters. The van der Waals surface area contributed by atoms with Gasteiger partial charge >= 0.3 is 0 Å². The third kappa shape index (κ3) is 3.03. The summed E-state index contributed by atoms with van der Waals surface area (Å²) in [6.45, 7) is 4.00. The first-order valence-corrected chi connectivity index (χ1v) is 7.29. The quantitative estimate of drug-likeness (QED) is 0.865. The Hall–Kier alpha value is -2.18. The SMILES string of the molecule is Cc1ccc2cc(CN3CCOC(C(N)=O)C3)c(=O)[nH]c2c1. The molecule has 1 aromatic heterocycles. The van der Waals surface area contributed by atoms with Gasteiger partial charge in [-0.2, -0.15) is 0 Å². The standard InChI is InChI=1S/C16H19N3O3/c1-10-2-3-11-7-12(16(21)18-13(11)6-10)8-19-4-5-22-14(9-19)15(17)20/h2-3,6-7,14H,4-5,8-9H2,1H3,(H2,17,20)(H,18,21). The van der Waals surface area contributed by atoms with Gasteiger partial charge in [-0.1, -0.05) is 12.1 Å². The van der Waals surface area contributed by atoms with Gasteiger partial charge in [-0.25, -0.2) is 0 Å². The second-order valence-corrected chi connectivity index (χ2v) is 5.71. The van der Waals surface area contributed by atoms with E-state index in [2.05, 4.69) is 4.98 Å². The van der Waals surface area contributed by atoms with Gasteiger partial charge in [0.1, 0.15) is 6.10 Å². The number of ether oxygens (including phenoxy) is 1. The highest BCUT2D eigenvalue weighted by Crippen LogP contribution is 2.15. The molecule has 1 aliphatic heterocycles. The molecule has 0 aliphatic carbocycles. The van der Waals surface area contributed by atoms with Gasteiger partial charge in [0.05, 0.1) is 6.61 Å². The number of benzene rings is 1. The van der Waals surface area contributed by atoms with Crippen molar-refractivity contribution in [3.8, 4) is 0 Å². The molecule has 0 spiro atoms. The summed E-state index contributed by atoms with van der Waals surface area (Å²) in [7, 11) is 0. The van der Waals surface area contributed by atoms with Crippen molar-refractivity contribution in [1.29, 1.82) is 0 Å². The van der Waals surface area contributed by atoms with Crippen molar-refractivity contribution in [2.75, 3.05) is 19.7 Å². The number of fused-ring (bicyclic) bond motifs is 1. The maximum Gasteiger partial charge on any atom is 0.252 e. The Balaban J connectivity index is 1.84. The number of H-pyrrole nitrogens is 1. The molecule has 116 valence electrons. The molecule has 2 aromatic rings. The number of morpholine rings is 1. The number of carbonyl (C=O) groups excluding carboxylic acids is 1. The van der Waals surface area contributed by atoms with Crippen molar-refractivity contribution >= 4 is 16.8 Å². The molecular formula is C16H19N3O3. The zero-order chi connectivity index (χ0) is 15.7. The number of rotatable bonds is 3. The van der Waals surface area contributed by atoms with E-state index < -0.39 is 12.0 Å². The van der Waals surface area contributed by atoms with Crippen LogP contribution in [0.5, 0.6) is 0 Å². The summed E-state index contributed by atoms with van der Waals surface area (Å²) in [5, 5.41) is 1.000. The highest BCUT2D eigenvalue weighted by atomic mass is 16.5. The van der Waals surface area contributed by atoms with Gasteiger partial charge in [0.25, 0.3) is 5.56 Å². The summed E-state index contributed by atoms with van der Waals surface area (Å²) in [5.41, 5.74) is 7.81. The smallest absolute Gasteiger partial charge is 0.252 e. The number of hydrogen-bond donors (Lipinski definition) is 2. The lowest BCUT2D eigenvalue weighted by Gasteiger charge is -2.31. The summed E-state index contributed by atoms with van der Waals surface area (Å²) in [6, 6.07) is 7.87. The summed E-state index contributed by atoms with van der Waals surface area (Å²) < 4.78 is 5.32. The van der Waals surface area contributed by atoms with E-state index in [1.807, 2.05) is 36.1 Å². The number of carbonyl (C=O) groups is 1. The predicted octanol–water partition coefficient (Wildman–Crippen LogP) is 0.523. The summed E-state index contributed by atoms with van der Waals surface area (Å²) in [6.07, 6.45) is -0.601. The van der Waals surface area contributed by atoms with E-state index in [0.717, 1.165) is 16.5 Å². The van der Waals surface area contributed by atoms with Gasteiger partial charge in [-0.15, -0.1) is 0 Å². The molecule has 1 aromatic carbocycles. The minimum Gasteiger partial charge on any atom is -0.367 e. The molecule has 6 heteroatoms. The number of primary amides is 1. The van der Waals surface area contributed by atoms with E-state index in [9.17, 15) is 9.59 Å². The van der Waals surface area contributed by atoms with Crippen LogP contribution in [0, 0.1) is 6.92 Å². The summed E-state index contributed by atoms with van der Waals surface area (Å²) in [5.74, 6) is -0.465. The normalized spacial score (nSPS) is 19.4. The first-order valence-electron chi connectivity index (χ1n) is 7.29. The van der Waals surface area contributed by atoms with Crippen LogP contribution >= 0.6 is 0 Å². The van der Waals surface area contributed by atoms with Gasteiger partial charge < -0.3 is 15.5 Å². The largest absolute Gasteiger partial charge is 0.367 e. The lowest BCUT2D eigenvalue weighted by atomic mass is 10.1. The Morgan fingerprint density at radius 2 is 2.27 bits per heavy atom. The van der Waals surface area contributed by atoms with E-state index in [4.69, 9.17) is 10.5 Å².